The summed E-state index contributed by atoms with van der Waals surface area (Å²) in [5.74, 6) is 0.291. The van der Waals surface area contributed by atoms with E-state index in [1.807, 2.05) is 0 Å². The van der Waals surface area contributed by atoms with Crippen LogP contribution in [0.1, 0.15) is 20.3 Å². The fourth-order valence-corrected chi connectivity index (χ4v) is 2.89. The Labute approximate surface area is 129 Å². The number of anilines is 1. The average molecular weight is 365 g/mol. The quantitative estimate of drug-likeness (QED) is 0.690. The van der Waals surface area contributed by atoms with Gasteiger partial charge >= 0.3 is 10.2 Å². The number of hydrogen-bond donors (Lipinski definition) is 2. The van der Waals surface area contributed by atoms with Crippen molar-refractivity contribution in [3.8, 4) is 0 Å². The van der Waals surface area contributed by atoms with Crippen molar-refractivity contribution in [2.24, 2.45) is 0 Å². The van der Waals surface area contributed by atoms with Crippen molar-refractivity contribution in [1.82, 2.24) is 14.6 Å². The molecule has 0 aliphatic heterocycles. The molecule has 0 spiro atoms. The molecule has 0 fully saturated rings. The Morgan fingerprint density at radius 1 is 1.45 bits per heavy atom. The number of pyridine rings is 1. The Bertz CT molecular complexity index is 522. The van der Waals surface area contributed by atoms with E-state index in [0.717, 1.165) is 13.0 Å². The van der Waals surface area contributed by atoms with Gasteiger partial charge in [-0.3, -0.25) is 4.72 Å². The highest BCUT2D eigenvalue weighted by atomic mass is 79.9. The minimum Gasteiger partial charge on any atom is -0.314 e. The van der Waals surface area contributed by atoms with Gasteiger partial charge < -0.3 is 5.32 Å². The van der Waals surface area contributed by atoms with Crippen molar-refractivity contribution in [3.63, 3.8) is 0 Å². The van der Waals surface area contributed by atoms with Gasteiger partial charge in [-0.2, -0.15) is 12.7 Å². The number of nitrogens with one attached hydrogen (secondary N) is 2. The van der Waals surface area contributed by atoms with Crippen LogP contribution < -0.4 is 10.0 Å². The summed E-state index contributed by atoms with van der Waals surface area (Å²) in [5, 5.41) is 3.25. The molecule has 114 valence electrons. The van der Waals surface area contributed by atoms with Crippen molar-refractivity contribution >= 4 is 32.0 Å². The van der Waals surface area contributed by atoms with Crippen LogP contribution in [0.5, 0.6) is 0 Å². The topological polar surface area (TPSA) is 74.3 Å². The van der Waals surface area contributed by atoms with Crippen molar-refractivity contribution in [1.29, 1.82) is 0 Å². The van der Waals surface area contributed by atoms with E-state index in [1.165, 1.54) is 10.5 Å². The summed E-state index contributed by atoms with van der Waals surface area (Å²) in [5.41, 5.74) is 0. The Balaban J connectivity index is 2.53. The summed E-state index contributed by atoms with van der Waals surface area (Å²) in [4.78, 5) is 3.99. The monoisotopic (exact) mass is 364 g/mol. The number of hydrogen-bond acceptors (Lipinski definition) is 4. The highest BCUT2D eigenvalue weighted by Crippen LogP contribution is 2.20. The summed E-state index contributed by atoms with van der Waals surface area (Å²) in [6.07, 6.45) is 2.29. The van der Waals surface area contributed by atoms with Gasteiger partial charge in [-0.1, -0.05) is 13.8 Å². The van der Waals surface area contributed by atoms with Gasteiger partial charge in [0, 0.05) is 25.8 Å². The Morgan fingerprint density at radius 2 is 2.15 bits per heavy atom. The van der Waals surface area contributed by atoms with Gasteiger partial charge in [0.25, 0.3) is 0 Å². The van der Waals surface area contributed by atoms with Crippen LogP contribution in [-0.2, 0) is 10.2 Å². The first kappa shape index (κ1) is 17.4. The van der Waals surface area contributed by atoms with E-state index in [2.05, 4.69) is 44.8 Å². The van der Waals surface area contributed by atoms with Gasteiger partial charge in [-0.05, 0) is 41.0 Å². The molecule has 1 heterocycles. The lowest BCUT2D eigenvalue weighted by Crippen LogP contribution is -2.35. The van der Waals surface area contributed by atoms with Crippen LogP contribution in [-0.4, -0.2) is 43.9 Å². The molecule has 0 aliphatic rings. The molecular formula is C12H21BrN4O2S. The SMILES string of the molecule is CC(C)NCCCN(C)S(=O)(=O)Nc1ncccc1Br. The number of nitrogens with zero attached hydrogens (tertiary/aromatic N) is 2. The first-order chi connectivity index (χ1) is 9.33. The van der Waals surface area contributed by atoms with E-state index in [0.29, 0.717) is 22.9 Å². The van der Waals surface area contributed by atoms with Gasteiger partial charge in [0.15, 0.2) is 5.82 Å². The van der Waals surface area contributed by atoms with Gasteiger partial charge in [0.05, 0.1) is 4.47 Å². The molecule has 0 radical (unpaired) electrons. The molecule has 6 nitrogen and oxygen atoms in total. The molecule has 8 heteroatoms. The summed E-state index contributed by atoms with van der Waals surface area (Å²) in [6.45, 7) is 5.34. The first-order valence-corrected chi connectivity index (χ1v) is 8.64. The van der Waals surface area contributed by atoms with Crippen LogP contribution in [0, 0.1) is 0 Å². The Morgan fingerprint density at radius 3 is 2.75 bits per heavy atom. The van der Waals surface area contributed by atoms with Crippen LogP contribution in [0.2, 0.25) is 0 Å². The molecule has 1 rings (SSSR count). The molecule has 0 aromatic carbocycles. The molecule has 0 amide bonds. The summed E-state index contributed by atoms with van der Waals surface area (Å²) in [6, 6.07) is 3.86. The predicted molar refractivity (Wildman–Crippen MR) is 84.9 cm³/mol. The van der Waals surface area contributed by atoms with E-state index < -0.39 is 10.2 Å². The smallest absolute Gasteiger partial charge is 0.302 e. The molecule has 0 aliphatic carbocycles. The van der Waals surface area contributed by atoms with Crippen molar-refractivity contribution in [3.05, 3.63) is 22.8 Å². The van der Waals surface area contributed by atoms with Crippen LogP contribution in [0.4, 0.5) is 5.82 Å². The largest absolute Gasteiger partial charge is 0.314 e. The van der Waals surface area contributed by atoms with Crippen LogP contribution in [0.25, 0.3) is 0 Å². The second kappa shape index (κ2) is 7.92. The summed E-state index contributed by atoms with van der Waals surface area (Å²) >= 11 is 3.26. The summed E-state index contributed by atoms with van der Waals surface area (Å²) in [7, 11) is -2.02. The molecule has 0 saturated carbocycles. The fourth-order valence-electron chi connectivity index (χ4n) is 1.47. The van der Waals surface area contributed by atoms with Gasteiger partial charge in [-0.15, -0.1) is 0 Å². The van der Waals surface area contributed by atoms with Crippen molar-refractivity contribution in [2.45, 2.75) is 26.3 Å². The zero-order valence-electron chi connectivity index (χ0n) is 11.9. The zero-order valence-corrected chi connectivity index (χ0v) is 14.3. The third-order valence-electron chi connectivity index (χ3n) is 2.60. The van der Waals surface area contributed by atoms with Gasteiger partial charge in [0.2, 0.25) is 0 Å². The van der Waals surface area contributed by atoms with E-state index in [4.69, 9.17) is 0 Å². The fraction of sp³-hybridized carbons (Fsp3) is 0.583. The van der Waals surface area contributed by atoms with Crippen LogP contribution in [0.3, 0.4) is 0 Å². The number of aromatic nitrogens is 1. The number of halogens is 1. The second-order valence-electron chi connectivity index (χ2n) is 4.72. The lowest BCUT2D eigenvalue weighted by Gasteiger charge is -2.18. The Kier molecular flexibility index (Phi) is 6.87. The predicted octanol–water partition coefficient (Wildman–Crippen LogP) is 1.82. The molecule has 0 atom stereocenters. The van der Waals surface area contributed by atoms with Crippen molar-refractivity contribution < 1.29 is 8.42 Å². The van der Waals surface area contributed by atoms with E-state index in [9.17, 15) is 8.42 Å². The third-order valence-corrected chi connectivity index (χ3v) is 4.69. The van der Waals surface area contributed by atoms with Crippen LogP contribution in [0.15, 0.2) is 22.8 Å². The molecule has 0 bridgehead atoms. The molecule has 1 aromatic rings. The molecular weight excluding hydrogens is 344 g/mol. The van der Waals surface area contributed by atoms with E-state index in [1.54, 1.807) is 19.2 Å². The molecule has 2 N–H and O–H groups in total. The molecule has 0 saturated heterocycles. The maximum atomic E-state index is 12.1. The zero-order chi connectivity index (χ0) is 15.2. The van der Waals surface area contributed by atoms with Gasteiger partial charge in [0.1, 0.15) is 0 Å². The lowest BCUT2D eigenvalue weighted by molar-refractivity contribution is 0.451. The molecule has 20 heavy (non-hydrogen) atoms. The minimum absolute atomic E-state index is 0.291. The maximum absolute atomic E-state index is 12.1. The highest BCUT2D eigenvalue weighted by molar-refractivity contribution is 9.10. The normalized spacial score (nSPS) is 12.1. The third kappa shape index (κ3) is 5.74. The summed E-state index contributed by atoms with van der Waals surface area (Å²) < 4.78 is 28.6. The van der Waals surface area contributed by atoms with Crippen molar-refractivity contribution in [2.75, 3.05) is 24.9 Å². The van der Waals surface area contributed by atoms with E-state index in [-0.39, 0.29) is 0 Å². The highest BCUT2D eigenvalue weighted by Gasteiger charge is 2.18. The standard InChI is InChI=1S/C12H21BrN4O2S/c1-10(2)14-8-5-9-17(3)20(18,19)16-12-11(13)6-4-7-15-12/h4,6-7,10,14H,5,8-9H2,1-3H3,(H,15,16). The average Bonchev–Trinajstić information content (AvgIpc) is 2.36. The molecule has 1 aromatic heterocycles. The minimum atomic E-state index is -3.57. The van der Waals surface area contributed by atoms with E-state index >= 15 is 0 Å². The number of rotatable bonds is 8. The Hall–Kier alpha value is -0.700. The molecule has 0 unspecified atom stereocenters. The maximum Gasteiger partial charge on any atom is 0.302 e. The van der Waals surface area contributed by atoms with Crippen LogP contribution >= 0.6 is 15.9 Å². The lowest BCUT2D eigenvalue weighted by atomic mass is 10.3. The first-order valence-electron chi connectivity index (χ1n) is 6.41. The van der Waals surface area contributed by atoms with Gasteiger partial charge in [-0.25, -0.2) is 4.98 Å². The second-order valence-corrected chi connectivity index (χ2v) is 7.36.